The number of benzene rings is 2. The standard InChI is InChI=1S/C22H25ClN4O5/c1-31-19-13-18(17(23)12-16(19)20(28)32-2)26-22(30)27-10-8-15(9-11-27)25-21(29)24-14-6-4-3-5-7-14/h3-7,12-13,15H,8-11H2,1-2H3,(H,26,30)(H2,24,25,29). The van der Waals surface area contributed by atoms with Gasteiger partial charge in [-0.2, -0.15) is 0 Å². The van der Waals surface area contributed by atoms with Gasteiger partial charge in [-0.3, -0.25) is 0 Å². The zero-order valence-electron chi connectivity index (χ0n) is 17.8. The monoisotopic (exact) mass is 460 g/mol. The van der Waals surface area contributed by atoms with Crippen molar-refractivity contribution in [1.29, 1.82) is 0 Å². The van der Waals surface area contributed by atoms with E-state index in [9.17, 15) is 14.4 Å². The summed E-state index contributed by atoms with van der Waals surface area (Å²) < 4.78 is 9.93. The number of methoxy groups -OCH3 is 2. The first-order valence-electron chi connectivity index (χ1n) is 10.1. The van der Waals surface area contributed by atoms with Crippen molar-refractivity contribution in [3.63, 3.8) is 0 Å². The minimum absolute atomic E-state index is 0.0363. The van der Waals surface area contributed by atoms with Crippen molar-refractivity contribution in [3.05, 3.63) is 53.1 Å². The van der Waals surface area contributed by atoms with Gasteiger partial charge in [0.25, 0.3) is 0 Å². The molecule has 0 radical (unpaired) electrons. The van der Waals surface area contributed by atoms with Gasteiger partial charge < -0.3 is 30.3 Å². The van der Waals surface area contributed by atoms with Gasteiger partial charge in [-0.25, -0.2) is 14.4 Å². The number of nitrogens with one attached hydrogen (secondary N) is 3. The molecule has 0 aliphatic carbocycles. The van der Waals surface area contributed by atoms with Crippen molar-refractivity contribution in [1.82, 2.24) is 10.2 Å². The van der Waals surface area contributed by atoms with Crippen LogP contribution in [-0.4, -0.2) is 56.3 Å². The lowest BCUT2D eigenvalue weighted by Crippen LogP contribution is -2.48. The number of piperidine rings is 1. The smallest absolute Gasteiger partial charge is 0.341 e. The molecule has 170 valence electrons. The number of ether oxygens (including phenoxy) is 2. The lowest BCUT2D eigenvalue weighted by molar-refractivity contribution is 0.0597. The van der Waals surface area contributed by atoms with Crippen LogP contribution >= 0.6 is 11.6 Å². The molecular formula is C22H25ClN4O5. The molecular weight excluding hydrogens is 436 g/mol. The molecule has 1 saturated heterocycles. The number of halogens is 1. The zero-order chi connectivity index (χ0) is 23.1. The Morgan fingerprint density at radius 3 is 2.34 bits per heavy atom. The highest BCUT2D eigenvalue weighted by Crippen LogP contribution is 2.31. The van der Waals surface area contributed by atoms with E-state index >= 15 is 0 Å². The number of likely N-dealkylation sites (tertiary alicyclic amines) is 1. The molecule has 3 N–H and O–H groups in total. The molecule has 0 bridgehead atoms. The Hall–Kier alpha value is -3.46. The average Bonchev–Trinajstić information content (AvgIpc) is 2.80. The number of esters is 1. The molecule has 3 rings (SSSR count). The van der Waals surface area contributed by atoms with Gasteiger partial charge in [0.1, 0.15) is 11.3 Å². The second-order valence-corrected chi connectivity index (χ2v) is 7.59. The van der Waals surface area contributed by atoms with Crippen LogP contribution in [0.4, 0.5) is 21.0 Å². The first-order valence-corrected chi connectivity index (χ1v) is 10.4. The molecule has 9 nitrogen and oxygen atoms in total. The Balaban J connectivity index is 1.53. The third-order valence-corrected chi connectivity index (χ3v) is 5.40. The first-order chi connectivity index (χ1) is 15.4. The highest BCUT2D eigenvalue weighted by atomic mass is 35.5. The number of anilines is 2. The Kier molecular flexibility index (Phi) is 7.77. The van der Waals surface area contributed by atoms with Gasteiger partial charge in [-0.15, -0.1) is 0 Å². The highest BCUT2D eigenvalue weighted by molar-refractivity contribution is 6.34. The van der Waals surface area contributed by atoms with Gasteiger partial charge in [0.15, 0.2) is 0 Å². The molecule has 0 aromatic heterocycles. The van der Waals surface area contributed by atoms with E-state index in [-0.39, 0.29) is 34.4 Å². The predicted molar refractivity (Wildman–Crippen MR) is 122 cm³/mol. The van der Waals surface area contributed by atoms with E-state index in [0.29, 0.717) is 37.3 Å². The van der Waals surface area contributed by atoms with Crippen LogP contribution in [-0.2, 0) is 4.74 Å². The third kappa shape index (κ3) is 5.82. The number of hydrogen-bond donors (Lipinski definition) is 3. The maximum atomic E-state index is 12.7. The van der Waals surface area contributed by atoms with E-state index in [0.717, 1.165) is 0 Å². The van der Waals surface area contributed by atoms with Crippen LogP contribution in [0.3, 0.4) is 0 Å². The zero-order valence-corrected chi connectivity index (χ0v) is 18.6. The summed E-state index contributed by atoms with van der Waals surface area (Å²) in [6.07, 6.45) is 1.24. The van der Waals surface area contributed by atoms with Gasteiger partial charge in [-0.05, 0) is 31.0 Å². The fourth-order valence-electron chi connectivity index (χ4n) is 3.38. The fraction of sp³-hybridized carbons (Fsp3) is 0.318. The third-order valence-electron chi connectivity index (χ3n) is 5.09. The quantitative estimate of drug-likeness (QED) is 0.585. The van der Waals surface area contributed by atoms with E-state index in [2.05, 4.69) is 16.0 Å². The number of nitrogens with zero attached hydrogens (tertiary/aromatic N) is 1. The summed E-state index contributed by atoms with van der Waals surface area (Å²) in [4.78, 5) is 38.3. The Morgan fingerprint density at radius 1 is 1.03 bits per heavy atom. The normalized spacial score (nSPS) is 13.8. The molecule has 2 aromatic carbocycles. The molecule has 32 heavy (non-hydrogen) atoms. The number of carbonyl (C=O) groups excluding carboxylic acids is 3. The largest absolute Gasteiger partial charge is 0.496 e. The Labute approximate surface area is 191 Å². The van der Waals surface area contributed by atoms with Crippen LogP contribution in [0.25, 0.3) is 0 Å². The summed E-state index contributed by atoms with van der Waals surface area (Å²) in [5.74, 6) is -0.351. The number of carbonyl (C=O) groups is 3. The Bertz CT molecular complexity index is 978. The van der Waals surface area contributed by atoms with Crippen molar-refractivity contribution < 1.29 is 23.9 Å². The van der Waals surface area contributed by atoms with E-state index < -0.39 is 5.97 Å². The van der Waals surface area contributed by atoms with Crippen LogP contribution < -0.4 is 20.7 Å². The van der Waals surface area contributed by atoms with Gasteiger partial charge in [0.2, 0.25) is 0 Å². The van der Waals surface area contributed by atoms with Crippen molar-refractivity contribution in [2.45, 2.75) is 18.9 Å². The number of hydrogen-bond acceptors (Lipinski definition) is 5. The maximum Gasteiger partial charge on any atom is 0.341 e. The molecule has 10 heteroatoms. The van der Waals surface area contributed by atoms with Gasteiger partial charge in [-0.1, -0.05) is 29.8 Å². The summed E-state index contributed by atoms with van der Waals surface area (Å²) in [7, 11) is 2.67. The van der Waals surface area contributed by atoms with Gasteiger partial charge >= 0.3 is 18.0 Å². The Morgan fingerprint density at radius 2 is 1.72 bits per heavy atom. The predicted octanol–water partition coefficient (Wildman–Crippen LogP) is 3.95. The molecule has 1 aliphatic heterocycles. The molecule has 0 spiro atoms. The highest BCUT2D eigenvalue weighted by Gasteiger charge is 2.25. The van der Waals surface area contributed by atoms with Crippen LogP contribution in [0.5, 0.6) is 5.75 Å². The van der Waals surface area contributed by atoms with Crippen LogP contribution in [0.2, 0.25) is 5.02 Å². The van der Waals surface area contributed by atoms with Crippen molar-refractivity contribution in [3.8, 4) is 5.75 Å². The number of amides is 4. The summed E-state index contributed by atoms with van der Waals surface area (Å²) in [6, 6.07) is 11.4. The van der Waals surface area contributed by atoms with Crippen molar-refractivity contribution >= 4 is 41.0 Å². The van der Waals surface area contributed by atoms with E-state index in [1.807, 2.05) is 30.3 Å². The molecule has 2 aromatic rings. The molecule has 0 unspecified atom stereocenters. The van der Waals surface area contributed by atoms with Gasteiger partial charge in [0, 0.05) is 30.9 Å². The second kappa shape index (κ2) is 10.7. The molecule has 0 atom stereocenters. The molecule has 1 aliphatic rings. The van der Waals surface area contributed by atoms with E-state index in [1.165, 1.54) is 26.4 Å². The van der Waals surface area contributed by atoms with Gasteiger partial charge in [0.05, 0.1) is 24.9 Å². The minimum atomic E-state index is -0.590. The SMILES string of the molecule is COC(=O)c1cc(Cl)c(NC(=O)N2CCC(NC(=O)Nc3ccccc3)CC2)cc1OC. The molecule has 1 heterocycles. The topological polar surface area (TPSA) is 109 Å². The van der Waals surface area contributed by atoms with Crippen LogP contribution in [0, 0.1) is 0 Å². The van der Waals surface area contributed by atoms with Crippen LogP contribution in [0.15, 0.2) is 42.5 Å². The number of rotatable bonds is 5. The van der Waals surface area contributed by atoms with E-state index in [1.54, 1.807) is 4.90 Å². The number of para-hydroxylation sites is 1. The van der Waals surface area contributed by atoms with Crippen molar-refractivity contribution in [2.75, 3.05) is 37.9 Å². The molecule has 4 amide bonds. The first kappa shape index (κ1) is 23.2. The summed E-state index contributed by atoms with van der Waals surface area (Å²) in [5, 5.41) is 8.66. The number of urea groups is 2. The van der Waals surface area contributed by atoms with Crippen molar-refractivity contribution in [2.24, 2.45) is 0 Å². The summed E-state index contributed by atoms with van der Waals surface area (Å²) in [6.45, 7) is 0.939. The molecule has 1 fully saturated rings. The molecule has 0 saturated carbocycles. The second-order valence-electron chi connectivity index (χ2n) is 7.18. The van der Waals surface area contributed by atoms with Crippen LogP contribution in [0.1, 0.15) is 23.2 Å². The van der Waals surface area contributed by atoms with E-state index in [4.69, 9.17) is 21.1 Å². The summed E-state index contributed by atoms with van der Waals surface area (Å²) in [5.41, 5.74) is 1.20. The maximum absolute atomic E-state index is 12.7. The minimum Gasteiger partial charge on any atom is -0.496 e. The lowest BCUT2D eigenvalue weighted by atomic mass is 10.1. The fourth-order valence-corrected chi connectivity index (χ4v) is 3.59. The summed E-state index contributed by atoms with van der Waals surface area (Å²) >= 11 is 6.24. The lowest BCUT2D eigenvalue weighted by Gasteiger charge is -2.32. The average molecular weight is 461 g/mol.